The summed E-state index contributed by atoms with van der Waals surface area (Å²) in [5.41, 5.74) is 2.23. The zero-order valence-electron chi connectivity index (χ0n) is 23.4. The highest BCUT2D eigenvalue weighted by Crippen LogP contribution is 2.67. The number of fused-ring (bicyclic) bond motifs is 5. The summed E-state index contributed by atoms with van der Waals surface area (Å²) in [6.07, 6.45) is 16.1. The molecule has 0 heterocycles. The average molecular weight is 503 g/mol. The third-order valence-corrected chi connectivity index (χ3v) is 11.0. The molecule has 0 saturated heterocycles. The molecule has 5 nitrogen and oxygen atoms in total. The number of allylic oxidation sites excluding steroid dienone is 1. The van der Waals surface area contributed by atoms with Crippen molar-refractivity contribution in [2.24, 2.45) is 46.3 Å². The van der Waals surface area contributed by atoms with E-state index in [2.05, 4.69) is 40.7 Å². The zero-order chi connectivity index (χ0) is 26.1. The first-order valence-corrected chi connectivity index (χ1v) is 14.7. The molecule has 0 aromatic heterocycles. The van der Waals surface area contributed by atoms with E-state index in [1.807, 2.05) is 0 Å². The largest absolute Gasteiger partial charge is 0.480 e. The van der Waals surface area contributed by atoms with Crippen LogP contribution in [0.2, 0.25) is 0 Å². The van der Waals surface area contributed by atoms with Crippen molar-refractivity contribution in [2.75, 3.05) is 13.2 Å². The van der Waals surface area contributed by atoms with E-state index >= 15 is 0 Å². The van der Waals surface area contributed by atoms with Gasteiger partial charge in [0.25, 0.3) is 0 Å². The molecule has 3 saturated carbocycles. The minimum Gasteiger partial charge on any atom is -0.480 e. The average Bonchev–Trinajstić information content (AvgIpc) is 3.16. The number of hydrogen-bond donors (Lipinski definition) is 1. The Morgan fingerprint density at radius 1 is 1.03 bits per heavy atom. The topological polar surface area (TPSA) is 72.8 Å². The number of carbonyl (C=O) groups excluding carboxylic acids is 1. The maximum atomic E-state index is 12.1. The van der Waals surface area contributed by atoms with E-state index in [4.69, 9.17) is 14.6 Å². The Bertz CT molecular complexity index is 833. The highest BCUT2D eigenvalue weighted by molar-refractivity contribution is 5.72. The van der Waals surface area contributed by atoms with Gasteiger partial charge in [-0.05, 0) is 91.3 Å². The van der Waals surface area contributed by atoms with Crippen LogP contribution < -0.4 is 0 Å². The fourth-order valence-electron chi connectivity index (χ4n) is 9.19. The molecule has 0 amide bonds. The zero-order valence-corrected chi connectivity index (χ0v) is 23.4. The van der Waals surface area contributed by atoms with Gasteiger partial charge in [-0.2, -0.15) is 0 Å². The molecule has 0 spiro atoms. The first kappa shape index (κ1) is 27.7. The van der Waals surface area contributed by atoms with Crippen molar-refractivity contribution in [3.63, 3.8) is 0 Å². The minimum atomic E-state index is -1.07. The molecule has 36 heavy (non-hydrogen) atoms. The van der Waals surface area contributed by atoms with Gasteiger partial charge in [-0.25, -0.2) is 9.59 Å². The Balaban J connectivity index is 1.38. The molecule has 1 N–H and O–H groups in total. The molecule has 0 unspecified atom stereocenters. The predicted octanol–water partition coefficient (Wildman–Crippen LogP) is 7.04. The molecule has 5 heteroatoms. The number of esters is 1. The van der Waals surface area contributed by atoms with Gasteiger partial charge in [-0.15, -0.1) is 0 Å². The maximum absolute atomic E-state index is 12.1. The van der Waals surface area contributed by atoms with Crippen LogP contribution >= 0.6 is 0 Å². The van der Waals surface area contributed by atoms with Crippen molar-refractivity contribution in [2.45, 2.75) is 111 Å². The SMILES string of the molecule is CC(C)CCC[C@@H](C)[C@H]1CC[C@H]2[C@@H]3CC=C4C[C@@H](OC(=O)COCC(=O)O)CC[C@]4(C)[C@H]3CC[C@]12C. The smallest absolute Gasteiger partial charge is 0.332 e. The molecule has 8 atom stereocenters. The highest BCUT2D eigenvalue weighted by atomic mass is 16.6. The monoisotopic (exact) mass is 502 g/mol. The van der Waals surface area contributed by atoms with Crippen LogP contribution in [0, 0.1) is 46.3 Å². The quantitative estimate of drug-likeness (QED) is 0.256. The number of ether oxygens (including phenoxy) is 2. The normalized spacial score (nSPS) is 38.5. The van der Waals surface area contributed by atoms with E-state index in [0.29, 0.717) is 5.41 Å². The van der Waals surface area contributed by atoms with Crippen LogP contribution in [-0.4, -0.2) is 36.4 Å². The third-order valence-electron chi connectivity index (χ3n) is 11.0. The van der Waals surface area contributed by atoms with Gasteiger partial charge in [0.1, 0.15) is 19.3 Å². The van der Waals surface area contributed by atoms with Crippen LogP contribution in [0.5, 0.6) is 0 Å². The molecule has 0 aromatic rings. The Morgan fingerprint density at radius 2 is 1.81 bits per heavy atom. The molecule has 4 aliphatic rings. The van der Waals surface area contributed by atoms with Gasteiger partial charge in [-0.3, -0.25) is 0 Å². The second kappa shape index (κ2) is 11.2. The van der Waals surface area contributed by atoms with Gasteiger partial charge in [0, 0.05) is 6.42 Å². The number of carboxylic acids is 1. The summed E-state index contributed by atoms with van der Waals surface area (Å²) < 4.78 is 10.6. The van der Waals surface area contributed by atoms with Crippen LogP contribution in [-0.2, 0) is 19.1 Å². The summed E-state index contributed by atoms with van der Waals surface area (Å²) in [6.45, 7) is 11.6. The van der Waals surface area contributed by atoms with Crippen molar-refractivity contribution in [3.05, 3.63) is 11.6 Å². The van der Waals surface area contributed by atoms with Crippen molar-refractivity contribution in [1.29, 1.82) is 0 Å². The van der Waals surface area contributed by atoms with E-state index < -0.39 is 18.5 Å². The van der Waals surface area contributed by atoms with Gasteiger partial charge in [0.15, 0.2) is 0 Å². The first-order chi connectivity index (χ1) is 17.0. The second-order valence-electron chi connectivity index (χ2n) is 13.5. The van der Waals surface area contributed by atoms with Crippen molar-refractivity contribution < 1.29 is 24.2 Å². The number of rotatable bonds is 10. The summed E-state index contributed by atoms with van der Waals surface area (Å²) in [5.74, 6) is 3.41. The second-order valence-corrected chi connectivity index (χ2v) is 13.5. The van der Waals surface area contributed by atoms with E-state index in [9.17, 15) is 9.59 Å². The fraction of sp³-hybridized carbons (Fsp3) is 0.871. The maximum Gasteiger partial charge on any atom is 0.332 e. The highest BCUT2D eigenvalue weighted by Gasteiger charge is 2.59. The summed E-state index contributed by atoms with van der Waals surface area (Å²) in [7, 11) is 0. The molecule has 204 valence electrons. The third kappa shape index (κ3) is 5.56. The van der Waals surface area contributed by atoms with Gasteiger partial charge >= 0.3 is 11.9 Å². The number of hydrogen-bond acceptors (Lipinski definition) is 4. The van der Waals surface area contributed by atoms with Crippen LogP contribution in [0.4, 0.5) is 0 Å². The fourth-order valence-corrected chi connectivity index (χ4v) is 9.19. The summed E-state index contributed by atoms with van der Waals surface area (Å²) in [4.78, 5) is 22.7. The van der Waals surface area contributed by atoms with E-state index in [1.165, 1.54) is 56.9 Å². The van der Waals surface area contributed by atoms with Crippen molar-refractivity contribution in [3.8, 4) is 0 Å². The Hall–Kier alpha value is -1.36. The van der Waals surface area contributed by atoms with Gasteiger partial charge in [0.2, 0.25) is 0 Å². The van der Waals surface area contributed by atoms with Crippen LogP contribution in [0.25, 0.3) is 0 Å². The molecule has 0 aliphatic heterocycles. The standard InChI is InChI=1S/C31H50O5/c1-20(2)7-6-8-21(3)25-11-12-26-24-10-9-22-17-23(36-29(34)19-35-18-28(32)33)13-15-30(22,4)27(24)14-16-31(25,26)5/h9,20-21,23-27H,6-8,10-19H2,1-5H3,(H,32,33)/t21-,23+,24+,25-,26+,27+,30+,31-/m1/s1. The van der Waals surface area contributed by atoms with E-state index in [1.54, 1.807) is 0 Å². The lowest BCUT2D eigenvalue weighted by Gasteiger charge is -2.58. The van der Waals surface area contributed by atoms with E-state index in [-0.39, 0.29) is 18.1 Å². The number of carboxylic acid groups (broad SMARTS) is 1. The van der Waals surface area contributed by atoms with Crippen molar-refractivity contribution >= 4 is 11.9 Å². The summed E-state index contributed by atoms with van der Waals surface area (Å²) >= 11 is 0. The lowest BCUT2D eigenvalue weighted by atomic mass is 9.47. The van der Waals surface area contributed by atoms with E-state index in [0.717, 1.165) is 54.8 Å². The molecule has 0 aromatic carbocycles. The Morgan fingerprint density at radius 3 is 2.53 bits per heavy atom. The first-order valence-electron chi connectivity index (χ1n) is 14.7. The summed E-state index contributed by atoms with van der Waals surface area (Å²) in [5, 5.41) is 8.68. The van der Waals surface area contributed by atoms with Crippen molar-refractivity contribution in [1.82, 2.24) is 0 Å². The molecule has 0 bridgehead atoms. The lowest BCUT2D eigenvalue weighted by Crippen LogP contribution is -2.51. The summed E-state index contributed by atoms with van der Waals surface area (Å²) in [6, 6.07) is 0. The predicted molar refractivity (Wildman–Crippen MR) is 141 cm³/mol. The Labute approximate surface area is 218 Å². The van der Waals surface area contributed by atoms with Gasteiger partial charge in [-0.1, -0.05) is 65.5 Å². The number of carbonyl (C=O) groups is 2. The molecule has 3 fully saturated rings. The van der Waals surface area contributed by atoms with Crippen LogP contribution in [0.1, 0.15) is 105 Å². The van der Waals surface area contributed by atoms with Gasteiger partial charge < -0.3 is 14.6 Å². The van der Waals surface area contributed by atoms with Gasteiger partial charge in [0.05, 0.1) is 0 Å². The lowest BCUT2D eigenvalue weighted by molar-refractivity contribution is -0.159. The van der Waals surface area contributed by atoms with Crippen LogP contribution in [0.3, 0.4) is 0 Å². The Kier molecular flexibility index (Phi) is 8.59. The molecular formula is C31H50O5. The molecule has 4 rings (SSSR count). The minimum absolute atomic E-state index is 0.113. The molecular weight excluding hydrogens is 452 g/mol. The van der Waals surface area contributed by atoms with Crippen LogP contribution in [0.15, 0.2) is 11.6 Å². The molecule has 4 aliphatic carbocycles. The number of aliphatic carboxylic acids is 1. The molecule has 0 radical (unpaired) electrons.